The van der Waals surface area contributed by atoms with Crippen molar-refractivity contribution in [2.24, 2.45) is 0 Å². The number of benzene rings is 3. The zero-order chi connectivity index (χ0) is 24.7. The van der Waals surface area contributed by atoms with Gasteiger partial charge in [-0.2, -0.15) is 0 Å². The van der Waals surface area contributed by atoms with Crippen molar-refractivity contribution in [2.75, 3.05) is 16.0 Å². The Morgan fingerprint density at radius 3 is 1.88 bits per heavy atom. The molecule has 0 bridgehead atoms. The summed E-state index contributed by atoms with van der Waals surface area (Å²) in [5, 5.41) is 7.94. The lowest BCUT2D eigenvalue weighted by Gasteiger charge is -2.16. The average molecular weight is 460 g/mol. The monoisotopic (exact) mass is 459 g/mol. The fourth-order valence-corrected chi connectivity index (χ4v) is 3.27. The van der Waals surface area contributed by atoms with E-state index in [1.54, 1.807) is 12.1 Å². The lowest BCUT2D eigenvalue weighted by molar-refractivity contribution is -0.123. The molecule has 0 aliphatic carbocycles. The van der Waals surface area contributed by atoms with Crippen molar-refractivity contribution in [3.63, 3.8) is 0 Å². The number of carbonyl (C=O) groups excluding carboxylic acids is 4. The highest BCUT2D eigenvalue weighted by atomic mass is 16.5. The van der Waals surface area contributed by atoms with E-state index < -0.39 is 18.0 Å². The Balaban J connectivity index is 1.75. The first-order valence-electron chi connectivity index (χ1n) is 10.6. The van der Waals surface area contributed by atoms with Gasteiger partial charge in [0.25, 0.3) is 5.91 Å². The third kappa shape index (κ3) is 6.52. The first kappa shape index (κ1) is 24.2. The number of hydrogen-bond donors (Lipinski definition) is 3. The smallest absolute Gasteiger partial charge is 0.339 e. The largest absolute Gasteiger partial charge is 0.449 e. The summed E-state index contributed by atoms with van der Waals surface area (Å²) >= 11 is 0. The minimum Gasteiger partial charge on any atom is -0.449 e. The quantitative estimate of drug-likeness (QED) is 0.452. The molecule has 3 amide bonds. The number of hydrogen-bond acceptors (Lipinski definition) is 5. The molecular weight excluding hydrogens is 434 g/mol. The van der Waals surface area contributed by atoms with Crippen LogP contribution in [0.2, 0.25) is 0 Å². The van der Waals surface area contributed by atoms with Crippen molar-refractivity contribution >= 4 is 40.8 Å². The van der Waals surface area contributed by atoms with E-state index in [1.165, 1.54) is 39.0 Å². The van der Waals surface area contributed by atoms with Gasteiger partial charge >= 0.3 is 5.97 Å². The van der Waals surface area contributed by atoms with Crippen LogP contribution in [0.15, 0.2) is 72.8 Å². The fraction of sp³-hybridized carbons (Fsp3) is 0.154. The number of para-hydroxylation sites is 1. The second-order valence-electron chi connectivity index (χ2n) is 7.61. The van der Waals surface area contributed by atoms with E-state index in [1.807, 2.05) is 42.5 Å². The maximum Gasteiger partial charge on any atom is 0.339 e. The van der Waals surface area contributed by atoms with Crippen LogP contribution in [0.5, 0.6) is 0 Å². The average Bonchev–Trinajstić information content (AvgIpc) is 2.79. The number of nitrogens with one attached hydrogen (secondary N) is 3. The van der Waals surface area contributed by atoms with E-state index >= 15 is 0 Å². The Kier molecular flexibility index (Phi) is 7.76. The molecule has 0 heterocycles. The molecule has 34 heavy (non-hydrogen) atoms. The lowest BCUT2D eigenvalue weighted by Crippen LogP contribution is -2.30. The third-order valence-corrected chi connectivity index (χ3v) is 4.73. The van der Waals surface area contributed by atoms with Crippen LogP contribution in [-0.2, 0) is 19.1 Å². The van der Waals surface area contributed by atoms with Gasteiger partial charge in [-0.3, -0.25) is 14.4 Å². The van der Waals surface area contributed by atoms with Crippen molar-refractivity contribution in [1.82, 2.24) is 0 Å². The standard InChI is InChI=1S/C26H25N3O5/c1-16(25(32)29-24-12-8-7-11-23(24)19-9-5-4-6-10-19)34-26(33)20-13-21(27-17(2)30)15-22(14-20)28-18(3)31/h4-16H,1-3H3,(H,27,30)(H,28,31)(H,29,32). The Morgan fingerprint density at radius 1 is 0.735 bits per heavy atom. The Bertz CT molecular complexity index is 1190. The summed E-state index contributed by atoms with van der Waals surface area (Å²) in [6, 6.07) is 21.2. The summed E-state index contributed by atoms with van der Waals surface area (Å²) in [4.78, 5) is 48.4. The van der Waals surface area contributed by atoms with Gasteiger partial charge in [0, 0.05) is 36.5 Å². The molecule has 1 atom stereocenters. The van der Waals surface area contributed by atoms with Gasteiger partial charge < -0.3 is 20.7 Å². The van der Waals surface area contributed by atoms with Crippen LogP contribution in [0, 0.1) is 0 Å². The van der Waals surface area contributed by atoms with E-state index in [9.17, 15) is 19.2 Å². The maximum atomic E-state index is 12.8. The van der Waals surface area contributed by atoms with Crippen molar-refractivity contribution in [1.29, 1.82) is 0 Å². The molecule has 3 aromatic rings. The lowest BCUT2D eigenvalue weighted by atomic mass is 10.0. The maximum absolute atomic E-state index is 12.8. The molecule has 3 rings (SSSR count). The molecule has 0 radical (unpaired) electrons. The summed E-state index contributed by atoms with van der Waals surface area (Å²) in [6.45, 7) is 4.11. The summed E-state index contributed by atoms with van der Waals surface area (Å²) in [7, 11) is 0. The molecular formula is C26H25N3O5. The minimum atomic E-state index is -1.11. The number of amides is 3. The predicted molar refractivity (Wildman–Crippen MR) is 130 cm³/mol. The third-order valence-electron chi connectivity index (χ3n) is 4.73. The summed E-state index contributed by atoms with van der Waals surface area (Å²) in [6.07, 6.45) is -1.11. The minimum absolute atomic E-state index is 0.0688. The van der Waals surface area contributed by atoms with Gasteiger partial charge in [0.2, 0.25) is 11.8 Å². The number of rotatable bonds is 7. The Labute approximate surface area is 197 Å². The molecule has 8 nitrogen and oxygen atoms in total. The van der Waals surface area contributed by atoms with Crippen LogP contribution in [0.25, 0.3) is 11.1 Å². The van der Waals surface area contributed by atoms with Gasteiger partial charge in [-0.25, -0.2) is 4.79 Å². The number of anilines is 3. The highest BCUT2D eigenvalue weighted by molar-refractivity contribution is 6.01. The molecule has 0 aliphatic rings. The number of carbonyl (C=O) groups is 4. The van der Waals surface area contributed by atoms with Gasteiger partial charge in [0.05, 0.1) is 5.56 Å². The Hall–Kier alpha value is -4.46. The van der Waals surface area contributed by atoms with Crippen LogP contribution in [0.1, 0.15) is 31.1 Å². The Morgan fingerprint density at radius 2 is 1.29 bits per heavy atom. The summed E-state index contributed by atoms with van der Waals surface area (Å²) in [5.41, 5.74) is 3.03. The zero-order valence-corrected chi connectivity index (χ0v) is 19.0. The van der Waals surface area contributed by atoms with Gasteiger partial charge in [0.1, 0.15) is 0 Å². The molecule has 0 fully saturated rings. The van der Waals surface area contributed by atoms with E-state index in [0.29, 0.717) is 17.1 Å². The second kappa shape index (κ2) is 10.9. The van der Waals surface area contributed by atoms with Gasteiger partial charge in [-0.05, 0) is 36.8 Å². The highest BCUT2D eigenvalue weighted by Gasteiger charge is 2.21. The first-order valence-corrected chi connectivity index (χ1v) is 10.6. The van der Waals surface area contributed by atoms with E-state index in [-0.39, 0.29) is 17.4 Å². The van der Waals surface area contributed by atoms with Gasteiger partial charge in [-0.1, -0.05) is 48.5 Å². The van der Waals surface area contributed by atoms with Crippen molar-refractivity contribution in [3.8, 4) is 11.1 Å². The van der Waals surface area contributed by atoms with Gasteiger partial charge in [0.15, 0.2) is 6.10 Å². The van der Waals surface area contributed by atoms with Gasteiger partial charge in [-0.15, -0.1) is 0 Å². The van der Waals surface area contributed by atoms with Crippen LogP contribution in [-0.4, -0.2) is 29.8 Å². The molecule has 0 aromatic heterocycles. The van der Waals surface area contributed by atoms with E-state index in [4.69, 9.17) is 4.74 Å². The first-order chi connectivity index (χ1) is 16.2. The second-order valence-corrected chi connectivity index (χ2v) is 7.61. The molecule has 0 spiro atoms. The molecule has 1 unspecified atom stereocenters. The zero-order valence-electron chi connectivity index (χ0n) is 19.0. The predicted octanol–water partition coefficient (Wildman–Crippen LogP) is 4.45. The molecule has 8 heteroatoms. The van der Waals surface area contributed by atoms with Crippen LogP contribution in [0.4, 0.5) is 17.1 Å². The molecule has 0 saturated carbocycles. The van der Waals surface area contributed by atoms with Crippen molar-refractivity contribution < 1.29 is 23.9 Å². The molecule has 0 aliphatic heterocycles. The normalized spacial score (nSPS) is 11.1. The van der Waals surface area contributed by atoms with Crippen LogP contribution < -0.4 is 16.0 Å². The van der Waals surface area contributed by atoms with Crippen molar-refractivity contribution in [2.45, 2.75) is 26.9 Å². The molecule has 0 saturated heterocycles. The van der Waals surface area contributed by atoms with E-state index in [0.717, 1.165) is 11.1 Å². The van der Waals surface area contributed by atoms with Crippen LogP contribution >= 0.6 is 0 Å². The van der Waals surface area contributed by atoms with E-state index in [2.05, 4.69) is 16.0 Å². The summed E-state index contributed by atoms with van der Waals surface area (Å²) in [5.74, 6) is -1.97. The molecule has 3 aromatic carbocycles. The van der Waals surface area contributed by atoms with Crippen molar-refractivity contribution in [3.05, 3.63) is 78.4 Å². The number of esters is 1. The topological polar surface area (TPSA) is 114 Å². The summed E-state index contributed by atoms with van der Waals surface area (Å²) < 4.78 is 5.36. The fourth-order valence-electron chi connectivity index (χ4n) is 3.27. The SMILES string of the molecule is CC(=O)Nc1cc(NC(C)=O)cc(C(=O)OC(C)C(=O)Nc2ccccc2-c2ccccc2)c1. The van der Waals surface area contributed by atoms with Crippen LogP contribution in [0.3, 0.4) is 0 Å². The molecule has 3 N–H and O–H groups in total. The highest BCUT2D eigenvalue weighted by Crippen LogP contribution is 2.28. The number of ether oxygens (including phenoxy) is 1. The molecule has 174 valence electrons.